The van der Waals surface area contributed by atoms with E-state index in [0.29, 0.717) is 31.2 Å². The fourth-order valence-corrected chi connectivity index (χ4v) is 3.68. The van der Waals surface area contributed by atoms with E-state index in [9.17, 15) is 20.1 Å². The maximum absolute atomic E-state index is 12.1. The van der Waals surface area contributed by atoms with Gasteiger partial charge in [-0.1, -0.05) is 13.8 Å². The Kier molecular flexibility index (Phi) is 6.83. The van der Waals surface area contributed by atoms with Crippen LogP contribution in [-0.2, 0) is 4.79 Å². The van der Waals surface area contributed by atoms with Crippen LogP contribution >= 0.6 is 0 Å². The zero-order valence-electron chi connectivity index (χ0n) is 14.4. The van der Waals surface area contributed by atoms with Crippen molar-refractivity contribution in [3.05, 3.63) is 0 Å². The van der Waals surface area contributed by atoms with Crippen molar-refractivity contribution in [1.82, 2.24) is 9.80 Å². The van der Waals surface area contributed by atoms with Gasteiger partial charge in [0.1, 0.15) is 0 Å². The number of amides is 1. The summed E-state index contributed by atoms with van der Waals surface area (Å²) in [6.45, 7) is 6.99. The van der Waals surface area contributed by atoms with E-state index in [2.05, 4.69) is 18.7 Å². The summed E-state index contributed by atoms with van der Waals surface area (Å²) in [5.41, 5.74) is 0. The zero-order chi connectivity index (χ0) is 17.0. The number of rotatable bonds is 5. The van der Waals surface area contributed by atoms with Crippen LogP contribution in [-0.4, -0.2) is 82.1 Å². The van der Waals surface area contributed by atoms with Crippen LogP contribution in [0.3, 0.4) is 0 Å². The van der Waals surface area contributed by atoms with Crippen LogP contribution in [0.1, 0.15) is 39.5 Å². The van der Waals surface area contributed by atoms with Gasteiger partial charge in [0.15, 0.2) is 0 Å². The number of likely N-dealkylation sites (tertiary alicyclic amines) is 2. The first-order chi connectivity index (χ1) is 10.9. The quantitative estimate of drug-likeness (QED) is 0.665. The number of nitrogens with zero attached hydrogens (tertiary/aromatic N) is 2. The van der Waals surface area contributed by atoms with Gasteiger partial charge < -0.3 is 20.2 Å². The molecule has 0 aromatic heterocycles. The van der Waals surface area contributed by atoms with Gasteiger partial charge in [0.25, 0.3) is 0 Å². The van der Waals surface area contributed by atoms with E-state index in [-0.39, 0.29) is 18.6 Å². The standard InChI is InChI=1S/C17H32N2O4/c1-12(2)7-17(23)18-5-3-13(4-6-18)9-19-10-16(22)15(21)8-14(19)11-20/h12-16,20-22H,3-11H2,1-2H3/t14-,15?,16+/m1/s1. The van der Waals surface area contributed by atoms with Crippen molar-refractivity contribution in [3.63, 3.8) is 0 Å². The van der Waals surface area contributed by atoms with Crippen LogP contribution in [0.5, 0.6) is 0 Å². The largest absolute Gasteiger partial charge is 0.395 e. The molecule has 0 aromatic rings. The zero-order valence-corrected chi connectivity index (χ0v) is 14.4. The molecule has 2 fully saturated rings. The molecule has 2 rings (SSSR count). The fourth-order valence-electron chi connectivity index (χ4n) is 3.68. The number of carbonyl (C=O) groups excluding carboxylic acids is 1. The number of aliphatic hydroxyl groups excluding tert-OH is 3. The highest BCUT2D eigenvalue weighted by molar-refractivity contribution is 5.76. The molecule has 1 unspecified atom stereocenters. The van der Waals surface area contributed by atoms with Crippen molar-refractivity contribution < 1.29 is 20.1 Å². The summed E-state index contributed by atoms with van der Waals surface area (Å²) in [5.74, 6) is 1.13. The van der Waals surface area contributed by atoms with E-state index in [1.807, 2.05) is 4.90 Å². The lowest BCUT2D eigenvalue weighted by molar-refractivity contribution is -0.133. The molecule has 0 radical (unpaired) electrons. The maximum atomic E-state index is 12.1. The molecule has 3 N–H and O–H groups in total. The highest BCUT2D eigenvalue weighted by Gasteiger charge is 2.35. The van der Waals surface area contributed by atoms with Crippen LogP contribution in [0.15, 0.2) is 0 Å². The van der Waals surface area contributed by atoms with Crippen molar-refractivity contribution in [1.29, 1.82) is 0 Å². The minimum absolute atomic E-state index is 0.00942. The Labute approximate surface area is 139 Å². The Balaban J connectivity index is 1.80. The summed E-state index contributed by atoms with van der Waals surface area (Å²) in [4.78, 5) is 16.2. The summed E-state index contributed by atoms with van der Waals surface area (Å²) in [5, 5.41) is 29.1. The van der Waals surface area contributed by atoms with Gasteiger partial charge in [0, 0.05) is 38.6 Å². The predicted octanol–water partition coefficient (Wildman–Crippen LogP) is 0.0595. The van der Waals surface area contributed by atoms with Gasteiger partial charge in [0.2, 0.25) is 5.91 Å². The Hall–Kier alpha value is -0.690. The SMILES string of the molecule is CC(C)CC(=O)N1CCC(CN2C[C@H](O)C(O)C[C@@H]2CO)CC1. The number of aliphatic hydroxyl groups is 3. The third-order valence-corrected chi connectivity index (χ3v) is 5.15. The van der Waals surface area contributed by atoms with E-state index < -0.39 is 12.2 Å². The molecule has 6 nitrogen and oxygen atoms in total. The molecular weight excluding hydrogens is 296 g/mol. The van der Waals surface area contributed by atoms with Crippen LogP contribution in [0.25, 0.3) is 0 Å². The third-order valence-electron chi connectivity index (χ3n) is 5.15. The van der Waals surface area contributed by atoms with Crippen LogP contribution in [0.4, 0.5) is 0 Å². The van der Waals surface area contributed by atoms with Crippen LogP contribution < -0.4 is 0 Å². The predicted molar refractivity (Wildman–Crippen MR) is 87.8 cm³/mol. The van der Waals surface area contributed by atoms with E-state index in [1.54, 1.807) is 0 Å². The first-order valence-corrected chi connectivity index (χ1v) is 8.89. The summed E-state index contributed by atoms with van der Waals surface area (Å²) >= 11 is 0. The van der Waals surface area contributed by atoms with E-state index in [0.717, 1.165) is 32.5 Å². The van der Waals surface area contributed by atoms with Gasteiger partial charge in [-0.3, -0.25) is 9.69 Å². The number of β-amino-alcohol motifs (C(OH)–C–C–N with tert-alkyl or cyclic N) is 1. The lowest BCUT2D eigenvalue weighted by Crippen LogP contribution is -2.55. The van der Waals surface area contributed by atoms with Crippen molar-refractivity contribution in [2.45, 2.75) is 57.8 Å². The maximum Gasteiger partial charge on any atom is 0.222 e. The molecule has 2 aliphatic rings. The molecule has 0 aromatic carbocycles. The van der Waals surface area contributed by atoms with Gasteiger partial charge in [-0.15, -0.1) is 0 Å². The average Bonchev–Trinajstić information content (AvgIpc) is 2.50. The van der Waals surface area contributed by atoms with Crippen molar-refractivity contribution in [2.24, 2.45) is 11.8 Å². The molecule has 2 aliphatic heterocycles. The van der Waals surface area contributed by atoms with E-state index >= 15 is 0 Å². The van der Waals surface area contributed by atoms with Gasteiger partial charge in [-0.25, -0.2) is 0 Å². The summed E-state index contributed by atoms with van der Waals surface area (Å²) in [6.07, 6.45) is 1.51. The Morgan fingerprint density at radius 1 is 1.17 bits per heavy atom. The second-order valence-corrected chi connectivity index (χ2v) is 7.58. The Bertz CT molecular complexity index is 383. The Morgan fingerprint density at radius 2 is 1.83 bits per heavy atom. The molecule has 2 heterocycles. The van der Waals surface area contributed by atoms with Crippen molar-refractivity contribution in [3.8, 4) is 0 Å². The number of piperidine rings is 2. The molecule has 3 atom stereocenters. The van der Waals surface area contributed by atoms with Gasteiger partial charge >= 0.3 is 0 Å². The molecule has 6 heteroatoms. The van der Waals surface area contributed by atoms with E-state index in [1.165, 1.54) is 0 Å². The number of hydrogen-bond acceptors (Lipinski definition) is 5. The first kappa shape index (κ1) is 18.6. The lowest BCUT2D eigenvalue weighted by Gasteiger charge is -2.42. The second-order valence-electron chi connectivity index (χ2n) is 7.58. The lowest BCUT2D eigenvalue weighted by atomic mass is 9.91. The molecule has 0 spiro atoms. The van der Waals surface area contributed by atoms with Gasteiger partial charge in [-0.05, 0) is 31.1 Å². The summed E-state index contributed by atoms with van der Waals surface area (Å²) in [7, 11) is 0. The van der Waals surface area contributed by atoms with Crippen molar-refractivity contribution in [2.75, 3.05) is 32.8 Å². The van der Waals surface area contributed by atoms with Crippen molar-refractivity contribution >= 4 is 5.91 Å². The normalized spacial score (nSPS) is 30.9. The summed E-state index contributed by atoms with van der Waals surface area (Å²) < 4.78 is 0. The number of carbonyl (C=O) groups is 1. The minimum Gasteiger partial charge on any atom is -0.395 e. The third kappa shape index (κ3) is 5.14. The molecule has 2 saturated heterocycles. The molecule has 1 amide bonds. The van der Waals surface area contributed by atoms with Crippen LogP contribution in [0, 0.1) is 11.8 Å². The number of hydrogen-bond donors (Lipinski definition) is 3. The smallest absolute Gasteiger partial charge is 0.222 e. The first-order valence-electron chi connectivity index (χ1n) is 8.89. The monoisotopic (exact) mass is 328 g/mol. The molecule has 23 heavy (non-hydrogen) atoms. The average molecular weight is 328 g/mol. The summed E-state index contributed by atoms with van der Waals surface area (Å²) in [6, 6.07) is -0.0750. The van der Waals surface area contributed by atoms with Crippen LogP contribution in [0.2, 0.25) is 0 Å². The Morgan fingerprint density at radius 3 is 2.39 bits per heavy atom. The molecule has 0 bridgehead atoms. The molecule has 0 aliphatic carbocycles. The second kappa shape index (κ2) is 8.42. The van der Waals surface area contributed by atoms with Gasteiger partial charge in [0.05, 0.1) is 18.8 Å². The molecule has 0 saturated carbocycles. The topological polar surface area (TPSA) is 84.2 Å². The van der Waals surface area contributed by atoms with E-state index in [4.69, 9.17) is 0 Å². The minimum atomic E-state index is -0.737. The fraction of sp³-hybridized carbons (Fsp3) is 0.941. The highest BCUT2D eigenvalue weighted by Crippen LogP contribution is 2.24. The van der Waals surface area contributed by atoms with Gasteiger partial charge in [-0.2, -0.15) is 0 Å². The highest BCUT2D eigenvalue weighted by atomic mass is 16.3. The molecular formula is C17H32N2O4. The molecule has 134 valence electrons.